The number of nitrogen functional groups attached to an aromatic ring is 1. The Morgan fingerprint density at radius 1 is 1.30 bits per heavy atom. The Balaban J connectivity index is 3.41. The van der Waals surface area contributed by atoms with Gasteiger partial charge in [-0.05, 0) is 12.1 Å². The van der Waals surface area contributed by atoms with E-state index in [0.29, 0.717) is 0 Å². The first-order chi connectivity index (χ1) is 9.38. The topological polar surface area (TPSA) is 128 Å². The van der Waals surface area contributed by atoms with Gasteiger partial charge in [0.2, 0.25) is 10.0 Å². The molecule has 20 heavy (non-hydrogen) atoms. The summed E-state index contributed by atoms with van der Waals surface area (Å²) in [6, 6.07) is 4.16. The van der Waals surface area contributed by atoms with E-state index < -0.39 is 23.2 Å². The van der Waals surface area contributed by atoms with Crippen molar-refractivity contribution in [2.24, 2.45) is 0 Å². The van der Waals surface area contributed by atoms with E-state index in [0.717, 1.165) is 10.4 Å². The normalized spacial score (nSPS) is 11.6. The van der Waals surface area contributed by atoms with Crippen LogP contribution in [0.4, 0.5) is 5.69 Å². The molecule has 9 heteroatoms. The van der Waals surface area contributed by atoms with Gasteiger partial charge in [0, 0.05) is 18.1 Å². The zero-order valence-corrected chi connectivity index (χ0v) is 12.0. The van der Waals surface area contributed by atoms with E-state index in [9.17, 15) is 8.42 Å². The first-order valence-corrected chi connectivity index (χ1v) is 7.41. The first-order valence-electron chi connectivity index (χ1n) is 5.59. The molecule has 0 saturated heterocycles. The van der Waals surface area contributed by atoms with Crippen molar-refractivity contribution >= 4 is 27.3 Å². The molecule has 7 nitrogen and oxygen atoms in total. The van der Waals surface area contributed by atoms with Crippen LogP contribution in [0.15, 0.2) is 17.0 Å². The average molecular weight is 320 g/mol. The van der Waals surface area contributed by atoms with Gasteiger partial charge in [-0.3, -0.25) is 0 Å². The molecule has 0 aliphatic carbocycles. The summed E-state index contributed by atoms with van der Waals surface area (Å²) < 4.78 is 25.7. The molecule has 110 valence electrons. The Labute approximate surface area is 121 Å². The van der Waals surface area contributed by atoms with Crippen LogP contribution in [0.3, 0.4) is 0 Å². The summed E-state index contributed by atoms with van der Waals surface area (Å²) in [5.74, 6) is 0. The van der Waals surface area contributed by atoms with E-state index in [4.69, 9.17) is 32.8 Å². The lowest BCUT2D eigenvalue weighted by molar-refractivity contribution is 0.217. The smallest absolute Gasteiger partial charge is 0.245 e. The monoisotopic (exact) mass is 319 g/mol. The van der Waals surface area contributed by atoms with Gasteiger partial charge in [0.25, 0.3) is 0 Å². The highest BCUT2D eigenvalue weighted by Crippen LogP contribution is 2.29. The van der Waals surface area contributed by atoms with Crippen LogP contribution >= 0.6 is 11.6 Å². The fourth-order valence-corrected chi connectivity index (χ4v) is 3.48. The zero-order chi connectivity index (χ0) is 15.3. The highest BCUT2D eigenvalue weighted by molar-refractivity contribution is 7.89. The molecule has 1 rings (SSSR count). The minimum atomic E-state index is -4.06. The molecule has 0 atom stereocenters. The molecule has 0 amide bonds. The highest BCUT2D eigenvalue weighted by Gasteiger charge is 2.27. The summed E-state index contributed by atoms with van der Waals surface area (Å²) in [5, 5.41) is 26.8. The quantitative estimate of drug-likeness (QED) is 0.621. The third-order valence-corrected chi connectivity index (χ3v) is 4.70. The maximum Gasteiger partial charge on any atom is 0.245 e. The number of nitriles is 1. The van der Waals surface area contributed by atoms with Crippen LogP contribution in [0.1, 0.15) is 5.56 Å². The van der Waals surface area contributed by atoms with Crippen LogP contribution in [0, 0.1) is 11.3 Å². The second-order valence-corrected chi connectivity index (χ2v) is 6.17. The molecule has 0 fully saturated rings. The van der Waals surface area contributed by atoms with Crippen molar-refractivity contribution in [2.45, 2.75) is 4.90 Å². The Morgan fingerprint density at radius 3 is 2.30 bits per heavy atom. The van der Waals surface area contributed by atoms with E-state index in [-0.39, 0.29) is 34.3 Å². The number of rotatable bonds is 6. The number of hydrogen-bond acceptors (Lipinski definition) is 6. The molecule has 0 bridgehead atoms. The van der Waals surface area contributed by atoms with Crippen LogP contribution in [-0.4, -0.2) is 49.2 Å². The van der Waals surface area contributed by atoms with Crippen LogP contribution in [0.5, 0.6) is 0 Å². The van der Waals surface area contributed by atoms with Crippen molar-refractivity contribution < 1.29 is 18.6 Å². The summed E-state index contributed by atoms with van der Waals surface area (Å²) in [4.78, 5) is -0.316. The van der Waals surface area contributed by atoms with E-state index in [1.165, 1.54) is 6.07 Å². The Hall–Kier alpha value is -1.37. The van der Waals surface area contributed by atoms with E-state index in [1.807, 2.05) is 0 Å². The standard InChI is InChI=1S/C11H14ClN3O4S/c12-9-5-8(7-13)11(14)10(6-9)20(18,19)15(1-3-16)2-4-17/h5-6,16-17H,1-4,14H2. The van der Waals surface area contributed by atoms with Gasteiger partial charge >= 0.3 is 0 Å². The average Bonchev–Trinajstić information content (AvgIpc) is 2.40. The number of aliphatic hydroxyl groups is 2. The highest BCUT2D eigenvalue weighted by atomic mass is 35.5. The minimum Gasteiger partial charge on any atom is -0.397 e. The number of halogens is 1. The van der Waals surface area contributed by atoms with Gasteiger partial charge < -0.3 is 15.9 Å². The molecular formula is C11H14ClN3O4S. The van der Waals surface area contributed by atoms with Crippen LogP contribution in [-0.2, 0) is 10.0 Å². The molecule has 0 aromatic heterocycles. The Kier molecular flexibility index (Phi) is 5.74. The molecule has 0 spiro atoms. The molecule has 0 radical (unpaired) electrons. The predicted molar refractivity (Wildman–Crippen MR) is 73.5 cm³/mol. The Bertz CT molecular complexity index is 621. The fourth-order valence-electron chi connectivity index (χ4n) is 1.61. The molecule has 0 aliphatic heterocycles. The lowest BCUT2D eigenvalue weighted by Crippen LogP contribution is -2.36. The number of sulfonamides is 1. The largest absolute Gasteiger partial charge is 0.397 e. The molecule has 0 saturated carbocycles. The molecule has 0 unspecified atom stereocenters. The number of aliphatic hydroxyl groups excluding tert-OH is 2. The Morgan fingerprint density at radius 2 is 1.85 bits per heavy atom. The number of anilines is 1. The van der Waals surface area contributed by atoms with Crippen molar-refractivity contribution in [3.63, 3.8) is 0 Å². The van der Waals surface area contributed by atoms with Crippen molar-refractivity contribution in [3.05, 3.63) is 22.7 Å². The van der Waals surface area contributed by atoms with Crippen molar-refractivity contribution in [2.75, 3.05) is 32.0 Å². The van der Waals surface area contributed by atoms with Gasteiger partial charge in [0.1, 0.15) is 11.0 Å². The summed E-state index contributed by atoms with van der Waals surface area (Å²) in [6.45, 7) is -1.22. The molecule has 1 aromatic carbocycles. The summed E-state index contributed by atoms with van der Waals surface area (Å²) >= 11 is 5.78. The van der Waals surface area contributed by atoms with Crippen LogP contribution in [0.2, 0.25) is 5.02 Å². The van der Waals surface area contributed by atoms with E-state index in [1.54, 1.807) is 6.07 Å². The van der Waals surface area contributed by atoms with Gasteiger partial charge in [0.15, 0.2) is 0 Å². The summed E-state index contributed by atoms with van der Waals surface area (Å²) in [6.07, 6.45) is 0. The van der Waals surface area contributed by atoms with Gasteiger partial charge in [-0.25, -0.2) is 8.42 Å². The number of hydrogen-bond donors (Lipinski definition) is 3. The maximum absolute atomic E-state index is 12.4. The summed E-state index contributed by atoms with van der Waals surface area (Å²) in [7, 11) is -4.06. The molecule has 1 aromatic rings. The fraction of sp³-hybridized carbons (Fsp3) is 0.364. The zero-order valence-electron chi connectivity index (χ0n) is 10.5. The number of nitrogens with two attached hydrogens (primary N) is 1. The van der Waals surface area contributed by atoms with Crippen LogP contribution < -0.4 is 5.73 Å². The SMILES string of the molecule is N#Cc1cc(Cl)cc(S(=O)(=O)N(CCO)CCO)c1N. The molecule has 0 aliphatic rings. The number of benzene rings is 1. The third kappa shape index (κ3) is 3.39. The van der Waals surface area contributed by atoms with Gasteiger partial charge in [-0.2, -0.15) is 9.57 Å². The molecule has 4 N–H and O–H groups in total. The van der Waals surface area contributed by atoms with Crippen molar-refractivity contribution in [3.8, 4) is 6.07 Å². The second-order valence-electron chi connectivity index (χ2n) is 3.83. The second kappa shape index (κ2) is 6.88. The minimum absolute atomic E-state index is 0.0518. The van der Waals surface area contributed by atoms with Gasteiger partial charge in [-0.1, -0.05) is 11.6 Å². The van der Waals surface area contributed by atoms with Crippen molar-refractivity contribution in [1.29, 1.82) is 5.26 Å². The van der Waals surface area contributed by atoms with E-state index in [2.05, 4.69) is 0 Å². The lowest BCUT2D eigenvalue weighted by atomic mass is 10.2. The maximum atomic E-state index is 12.4. The van der Waals surface area contributed by atoms with E-state index >= 15 is 0 Å². The van der Waals surface area contributed by atoms with Crippen LogP contribution in [0.25, 0.3) is 0 Å². The van der Waals surface area contributed by atoms with Crippen molar-refractivity contribution in [1.82, 2.24) is 4.31 Å². The molecular weight excluding hydrogens is 306 g/mol. The third-order valence-electron chi connectivity index (χ3n) is 2.54. The number of nitrogens with zero attached hydrogens (tertiary/aromatic N) is 2. The van der Waals surface area contributed by atoms with Gasteiger partial charge in [-0.15, -0.1) is 0 Å². The lowest BCUT2D eigenvalue weighted by Gasteiger charge is -2.21. The first kappa shape index (κ1) is 16.7. The molecule has 0 heterocycles. The predicted octanol–water partition coefficient (Wildman–Crippen LogP) is -0.231. The van der Waals surface area contributed by atoms with Gasteiger partial charge in [0.05, 0.1) is 24.5 Å². The summed E-state index contributed by atoms with van der Waals surface area (Å²) in [5.41, 5.74) is 5.40.